The molecule has 3 aliphatic rings. The molecule has 0 radical (unpaired) electrons. The van der Waals surface area contributed by atoms with E-state index >= 15 is 0 Å². The highest BCUT2D eigenvalue weighted by Crippen LogP contribution is 2.57. The molecular formula is C37H38N4O5. The molecule has 1 unspecified atom stereocenters. The number of nitrogens with one attached hydrogen (secondary N) is 1. The maximum absolute atomic E-state index is 13.5. The van der Waals surface area contributed by atoms with Crippen LogP contribution >= 0.6 is 0 Å². The second kappa shape index (κ2) is 12.5. The Morgan fingerprint density at radius 1 is 1.09 bits per heavy atom. The van der Waals surface area contributed by atoms with Crippen LogP contribution in [0.15, 0.2) is 73.1 Å². The molecule has 236 valence electrons. The fourth-order valence-electron chi connectivity index (χ4n) is 6.68. The molecule has 2 amide bonds. The van der Waals surface area contributed by atoms with Crippen molar-refractivity contribution in [1.29, 1.82) is 0 Å². The first kappa shape index (κ1) is 29.8. The van der Waals surface area contributed by atoms with Crippen molar-refractivity contribution in [3.8, 4) is 16.9 Å². The van der Waals surface area contributed by atoms with Crippen LogP contribution < -0.4 is 15.0 Å². The molecule has 0 bridgehead atoms. The summed E-state index contributed by atoms with van der Waals surface area (Å²) >= 11 is 0. The lowest BCUT2D eigenvalue weighted by Crippen LogP contribution is -2.37. The number of aromatic nitrogens is 2. The predicted molar refractivity (Wildman–Crippen MR) is 174 cm³/mol. The van der Waals surface area contributed by atoms with Crippen LogP contribution in [0.5, 0.6) is 5.75 Å². The Labute approximate surface area is 268 Å². The molecule has 2 fully saturated rings. The number of esters is 1. The van der Waals surface area contributed by atoms with Gasteiger partial charge in [0, 0.05) is 42.4 Å². The molecule has 0 spiro atoms. The number of nitrogens with zero attached hydrogens (tertiary/aromatic N) is 3. The summed E-state index contributed by atoms with van der Waals surface area (Å²) in [5.74, 6) is 1.28. The molecule has 4 aromatic rings. The first-order chi connectivity index (χ1) is 22.4. The minimum Gasteiger partial charge on any atom is -0.493 e. The summed E-state index contributed by atoms with van der Waals surface area (Å²) in [5.41, 5.74) is 8.12. The van der Waals surface area contributed by atoms with Crippen molar-refractivity contribution in [3.63, 3.8) is 0 Å². The van der Waals surface area contributed by atoms with Gasteiger partial charge < -0.3 is 19.7 Å². The Morgan fingerprint density at radius 2 is 1.93 bits per heavy atom. The van der Waals surface area contributed by atoms with E-state index in [1.807, 2.05) is 58.4 Å². The van der Waals surface area contributed by atoms with Gasteiger partial charge in [-0.2, -0.15) is 5.10 Å². The number of ether oxygens (including phenoxy) is 2. The van der Waals surface area contributed by atoms with E-state index in [-0.39, 0.29) is 17.8 Å². The zero-order valence-corrected chi connectivity index (χ0v) is 26.2. The molecule has 3 heterocycles. The first-order valence-electron chi connectivity index (χ1n) is 16.1. The van der Waals surface area contributed by atoms with Gasteiger partial charge in [0.1, 0.15) is 11.8 Å². The number of rotatable bonds is 10. The van der Waals surface area contributed by atoms with Gasteiger partial charge in [0.15, 0.2) is 0 Å². The standard InChI is InChI=1S/C37H38N4O5/c1-23-7-3-12-33(24(23)2)45-15-6-13-34(42)41-22-27-18-30(27)35-29(10-5-11-32(35)41)28-19-38-40(21-28)20-25-8-4-9-26(17-25)36(43)39-31-14-16-46-37(31)44/h3-5,7-12,17,19,21,27,30-31H,6,13-16,18,20,22H2,1-2H3,(H,39,43)/t27-,30-,31?/m0/s1. The largest absolute Gasteiger partial charge is 0.493 e. The molecule has 2 aliphatic heterocycles. The van der Waals surface area contributed by atoms with Gasteiger partial charge in [-0.15, -0.1) is 0 Å². The van der Waals surface area contributed by atoms with Crippen molar-refractivity contribution in [1.82, 2.24) is 15.1 Å². The average Bonchev–Trinajstić information content (AvgIpc) is 3.52. The number of anilines is 1. The lowest BCUT2D eigenvalue weighted by Gasteiger charge is -2.30. The van der Waals surface area contributed by atoms with E-state index < -0.39 is 6.04 Å². The summed E-state index contributed by atoms with van der Waals surface area (Å²) in [4.78, 5) is 40.0. The van der Waals surface area contributed by atoms with Crippen LogP contribution in [0, 0.1) is 19.8 Å². The molecule has 1 saturated heterocycles. The maximum atomic E-state index is 13.5. The van der Waals surface area contributed by atoms with Crippen molar-refractivity contribution < 1.29 is 23.9 Å². The van der Waals surface area contributed by atoms with Crippen LogP contribution in [0.1, 0.15) is 64.2 Å². The van der Waals surface area contributed by atoms with E-state index in [0.29, 0.717) is 56.4 Å². The SMILES string of the molecule is Cc1cccc(OCCCC(=O)N2C[C@@H]3C[C@@H]3c3c(-c4cnn(Cc5cccc(C(=O)NC6CCOC6=O)c5)c4)cccc32)c1C. The molecule has 1 saturated carbocycles. The lowest BCUT2D eigenvalue weighted by atomic mass is 9.92. The van der Waals surface area contributed by atoms with E-state index in [4.69, 9.17) is 9.47 Å². The first-order valence-corrected chi connectivity index (χ1v) is 16.1. The Hall–Kier alpha value is -4.92. The molecule has 9 nitrogen and oxygen atoms in total. The van der Waals surface area contributed by atoms with E-state index in [1.165, 1.54) is 11.1 Å². The number of carbonyl (C=O) groups is 3. The summed E-state index contributed by atoms with van der Waals surface area (Å²) in [6.07, 6.45) is 6.58. The smallest absolute Gasteiger partial charge is 0.328 e. The van der Waals surface area contributed by atoms with E-state index in [9.17, 15) is 14.4 Å². The highest BCUT2D eigenvalue weighted by molar-refractivity contribution is 5.98. The number of cyclic esters (lactones) is 1. The number of hydrogen-bond donors (Lipinski definition) is 1. The van der Waals surface area contributed by atoms with Gasteiger partial charge in [0.2, 0.25) is 5.91 Å². The Kier molecular flexibility index (Phi) is 8.07. The number of amides is 2. The molecule has 1 aliphatic carbocycles. The minimum absolute atomic E-state index is 0.137. The van der Waals surface area contributed by atoms with E-state index in [0.717, 1.165) is 46.7 Å². The number of benzene rings is 3. The molecule has 46 heavy (non-hydrogen) atoms. The number of fused-ring (bicyclic) bond motifs is 3. The van der Waals surface area contributed by atoms with Crippen LogP contribution in [0.4, 0.5) is 5.69 Å². The molecule has 1 aromatic heterocycles. The Balaban J connectivity index is 1.02. The van der Waals surface area contributed by atoms with Crippen molar-refractivity contribution in [2.24, 2.45) is 5.92 Å². The quantitative estimate of drug-likeness (QED) is 0.184. The summed E-state index contributed by atoms with van der Waals surface area (Å²) in [6, 6.07) is 19.0. The van der Waals surface area contributed by atoms with Gasteiger partial charge in [-0.1, -0.05) is 36.4 Å². The van der Waals surface area contributed by atoms with Gasteiger partial charge in [0.25, 0.3) is 5.91 Å². The molecular weight excluding hydrogens is 580 g/mol. The van der Waals surface area contributed by atoms with Gasteiger partial charge in [-0.25, -0.2) is 4.79 Å². The van der Waals surface area contributed by atoms with Crippen LogP contribution in [-0.2, 0) is 20.9 Å². The third-order valence-corrected chi connectivity index (χ3v) is 9.45. The second-order valence-corrected chi connectivity index (χ2v) is 12.6. The van der Waals surface area contributed by atoms with Crippen molar-refractivity contribution in [2.45, 2.75) is 58.0 Å². The highest BCUT2D eigenvalue weighted by atomic mass is 16.5. The zero-order valence-electron chi connectivity index (χ0n) is 26.2. The second-order valence-electron chi connectivity index (χ2n) is 12.6. The number of aryl methyl sites for hydroxylation is 1. The summed E-state index contributed by atoms with van der Waals surface area (Å²) in [7, 11) is 0. The zero-order chi connectivity index (χ0) is 31.8. The van der Waals surface area contributed by atoms with Crippen LogP contribution in [0.25, 0.3) is 11.1 Å². The van der Waals surface area contributed by atoms with Crippen molar-refractivity contribution in [3.05, 3.63) is 101 Å². The van der Waals surface area contributed by atoms with Gasteiger partial charge in [0.05, 0.1) is 26.0 Å². The molecule has 7 rings (SSSR count). The maximum Gasteiger partial charge on any atom is 0.328 e. The Bertz CT molecular complexity index is 1810. The molecule has 1 N–H and O–H groups in total. The lowest BCUT2D eigenvalue weighted by molar-refractivity contribution is -0.139. The van der Waals surface area contributed by atoms with Crippen LogP contribution in [0.2, 0.25) is 0 Å². The highest BCUT2D eigenvalue weighted by Gasteiger charge is 2.47. The average molecular weight is 619 g/mol. The summed E-state index contributed by atoms with van der Waals surface area (Å²) < 4.78 is 12.8. The van der Waals surface area contributed by atoms with Crippen LogP contribution in [0.3, 0.4) is 0 Å². The summed E-state index contributed by atoms with van der Waals surface area (Å²) in [6.45, 7) is 6.22. The topological polar surface area (TPSA) is 103 Å². The molecule has 3 atom stereocenters. The van der Waals surface area contributed by atoms with Crippen molar-refractivity contribution in [2.75, 3.05) is 24.7 Å². The normalized spacial score (nSPS) is 19.7. The molecule has 9 heteroatoms. The van der Waals surface area contributed by atoms with Gasteiger partial charge in [-0.05, 0) is 90.6 Å². The third-order valence-electron chi connectivity index (χ3n) is 9.45. The van der Waals surface area contributed by atoms with Gasteiger partial charge in [-0.3, -0.25) is 14.3 Å². The predicted octanol–water partition coefficient (Wildman–Crippen LogP) is 5.57. The molecule has 3 aromatic carbocycles. The van der Waals surface area contributed by atoms with Gasteiger partial charge >= 0.3 is 5.97 Å². The Morgan fingerprint density at radius 3 is 2.78 bits per heavy atom. The third kappa shape index (κ3) is 6.01. The summed E-state index contributed by atoms with van der Waals surface area (Å²) in [5, 5.41) is 7.41. The monoisotopic (exact) mass is 618 g/mol. The van der Waals surface area contributed by atoms with E-state index in [1.54, 1.807) is 6.07 Å². The minimum atomic E-state index is -0.596. The van der Waals surface area contributed by atoms with Crippen LogP contribution in [-0.4, -0.2) is 53.4 Å². The number of hydrogen-bond acceptors (Lipinski definition) is 6. The van der Waals surface area contributed by atoms with Crippen molar-refractivity contribution >= 4 is 23.5 Å². The fraction of sp³-hybridized carbons (Fsp3) is 0.351. The van der Waals surface area contributed by atoms with E-state index in [2.05, 4.69) is 42.5 Å². The number of carbonyl (C=O) groups excluding carboxylic acids is 3. The fourth-order valence-corrected chi connectivity index (χ4v) is 6.68.